The van der Waals surface area contributed by atoms with Crippen molar-refractivity contribution in [3.63, 3.8) is 0 Å². The molecular formula is C18H24N4O3S2. The lowest BCUT2D eigenvalue weighted by molar-refractivity contribution is -0.113. The summed E-state index contributed by atoms with van der Waals surface area (Å²) in [5.41, 5.74) is 1.39. The highest BCUT2D eigenvalue weighted by Crippen LogP contribution is 2.40. The van der Waals surface area contributed by atoms with Gasteiger partial charge < -0.3 is 14.6 Å². The standard InChI is InChI=1S/C18H24N4O3S2/c1-5-12-10(3)27-16(14(12)17(24)25-4)19-13(23)9-26-18-21-20-15(11-7-8-11)22(18)6-2/h11H,5-9H2,1-4H3,(H,19,23). The van der Waals surface area contributed by atoms with Crippen molar-refractivity contribution in [2.24, 2.45) is 0 Å². The molecule has 0 aromatic carbocycles. The zero-order chi connectivity index (χ0) is 19.6. The fourth-order valence-corrected chi connectivity index (χ4v) is 5.01. The summed E-state index contributed by atoms with van der Waals surface area (Å²) < 4.78 is 6.98. The Labute approximate surface area is 166 Å². The molecule has 1 aliphatic rings. The van der Waals surface area contributed by atoms with Gasteiger partial charge in [-0.1, -0.05) is 18.7 Å². The maximum Gasteiger partial charge on any atom is 0.341 e. The van der Waals surface area contributed by atoms with Gasteiger partial charge in [0, 0.05) is 17.3 Å². The summed E-state index contributed by atoms with van der Waals surface area (Å²) in [6.07, 6.45) is 3.04. The van der Waals surface area contributed by atoms with Crippen molar-refractivity contribution < 1.29 is 14.3 Å². The predicted octanol–water partition coefficient (Wildman–Crippen LogP) is 3.63. The van der Waals surface area contributed by atoms with Crippen LogP contribution < -0.4 is 5.32 Å². The van der Waals surface area contributed by atoms with Gasteiger partial charge in [0.2, 0.25) is 5.91 Å². The number of aromatic nitrogens is 3. The molecule has 27 heavy (non-hydrogen) atoms. The van der Waals surface area contributed by atoms with E-state index in [1.54, 1.807) is 0 Å². The minimum absolute atomic E-state index is 0.173. The van der Waals surface area contributed by atoms with Crippen molar-refractivity contribution >= 4 is 40.0 Å². The number of esters is 1. The SMILES string of the molecule is CCc1c(C)sc(NC(=O)CSc2nnc(C3CC3)n2CC)c1C(=O)OC. The quantitative estimate of drug-likeness (QED) is 0.530. The zero-order valence-electron chi connectivity index (χ0n) is 16.0. The number of amides is 1. The molecule has 1 aliphatic carbocycles. The molecular weight excluding hydrogens is 384 g/mol. The molecule has 0 unspecified atom stereocenters. The van der Waals surface area contributed by atoms with Crippen molar-refractivity contribution in [1.29, 1.82) is 0 Å². The highest BCUT2D eigenvalue weighted by Gasteiger charge is 2.30. The number of carbonyl (C=O) groups is 2. The van der Waals surface area contributed by atoms with Gasteiger partial charge in [-0.2, -0.15) is 0 Å². The van der Waals surface area contributed by atoms with Gasteiger partial charge in [0.1, 0.15) is 10.8 Å². The molecule has 0 atom stereocenters. The molecule has 7 nitrogen and oxygen atoms in total. The number of hydrogen-bond donors (Lipinski definition) is 1. The molecule has 3 rings (SSSR count). The van der Waals surface area contributed by atoms with Gasteiger partial charge in [-0.05, 0) is 38.7 Å². The van der Waals surface area contributed by atoms with Crippen LogP contribution in [0, 0.1) is 6.92 Å². The molecule has 0 spiro atoms. The van der Waals surface area contributed by atoms with Crippen LogP contribution in [0.25, 0.3) is 0 Å². The number of aryl methyl sites for hydroxylation is 1. The van der Waals surface area contributed by atoms with Crippen molar-refractivity contribution in [2.45, 2.75) is 57.7 Å². The maximum absolute atomic E-state index is 12.5. The Kier molecular flexibility index (Phi) is 6.21. The Hall–Kier alpha value is -1.87. The molecule has 1 fully saturated rings. The average molecular weight is 409 g/mol. The number of nitrogens with one attached hydrogen (secondary N) is 1. The fourth-order valence-electron chi connectivity index (χ4n) is 3.05. The Morgan fingerprint density at radius 2 is 2.07 bits per heavy atom. The van der Waals surface area contributed by atoms with Crippen LogP contribution in [0.1, 0.15) is 59.2 Å². The third kappa shape index (κ3) is 4.19. The monoisotopic (exact) mass is 408 g/mol. The molecule has 0 aliphatic heterocycles. The van der Waals surface area contributed by atoms with Crippen LogP contribution in [0.2, 0.25) is 0 Å². The van der Waals surface area contributed by atoms with Crippen molar-refractivity contribution in [3.05, 3.63) is 21.8 Å². The first kappa shape index (κ1) is 19.9. The Bertz CT molecular complexity index is 855. The average Bonchev–Trinajstić information content (AvgIpc) is 3.34. The smallest absolute Gasteiger partial charge is 0.341 e. The van der Waals surface area contributed by atoms with Crippen LogP contribution in [0.5, 0.6) is 0 Å². The van der Waals surface area contributed by atoms with Gasteiger partial charge in [-0.3, -0.25) is 4.79 Å². The van der Waals surface area contributed by atoms with Crippen LogP contribution in [0.3, 0.4) is 0 Å². The van der Waals surface area contributed by atoms with E-state index in [0.717, 1.165) is 40.8 Å². The summed E-state index contributed by atoms with van der Waals surface area (Å²) in [6, 6.07) is 0. The van der Waals surface area contributed by atoms with Crippen molar-refractivity contribution in [3.8, 4) is 0 Å². The molecule has 2 aromatic heterocycles. The summed E-state index contributed by atoms with van der Waals surface area (Å²) in [5, 5.41) is 12.7. The van der Waals surface area contributed by atoms with Gasteiger partial charge in [0.25, 0.3) is 0 Å². The van der Waals surface area contributed by atoms with Gasteiger partial charge in [0.05, 0.1) is 18.4 Å². The van der Waals surface area contributed by atoms with Crippen molar-refractivity contribution in [2.75, 3.05) is 18.2 Å². The van der Waals surface area contributed by atoms with Crippen LogP contribution >= 0.6 is 23.1 Å². The Morgan fingerprint density at radius 3 is 2.67 bits per heavy atom. The van der Waals surface area contributed by atoms with E-state index in [0.29, 0.717) is 22.9 Å². The minimum atomic E-state index is -0.418. The number of thioether (sulfide) groups is 1. The molecule has 1 N–H and O–H groups in total. The Morgan fingerprint density at radius 1 is 1.33 bits per heavy atom. The number of anilines is 1. The number of ether oxygens (including phenoxy) is 1. The summed E-state index contributed by atoms with van der Waals surface area (Å²) in [7, 11) is 1.35. The van der Waals surface area contributed by atoms with Crippen LogP contribution in [0.4, 0.5) is 5.00 Å². The highest BCUT2D eigenvalue weighted by molar-refractivity contribution is 7.99. The van der Waals surface area contributed by atoms with Crippen LogP contribution in [-0.4, -0.2) is 39.5 Å². The molecule has 0 saturated heterocycles. The van der Waals surface area contributed by atoms with E-state index in [4.69, 9.17) is 4.74 Å². The second-order valence-corrected chi connectivity index (χ2v) is 8.55. The number of carbonyl (C=O) groups excluding carboxylic acids is 2. The summed E-state index contributed by atoms with van der Waals surface area (Å²) >= 11 is 2.78. The highest BCUT2D eigenvalue weighted by atomic mass is 32.2. The van der Waals surface area contributed by atoms with Gasteiger partial charge >= 0.3 is 5.97 Å². The molecule has 0 bridgehead atoms. The van der Waals surface area contributed by atoms with Gasteiger partial charge in [0.15, 0.2) is 5.16 Å². The fraction of sp³-hybridized carbons (Fsp3) is 0.556. The predicted molar refractivity (Wildman–Crippen MR) is 107 cm³/mol. The first-order valence-electron chi connectivity index (χ1n) is 9.06. The second kappa shape index (κ2) is 8.43. The summed E-state index contributed by atoms with van der Waals surface area (Å²) in [4.78, 5) is 25.6. The first-order valence-corrected chi connectivity index (χ1v) is 10.9. The number of rotatable bonds is 8. The number of methoxy groups -OCH3 is 1. The van der Waals surface area contributed by atoms with E-state index in [9.17, 15) is 9.59 Å². The maximum atomic E-state index is 12.5. The number of thiophene rings is 1. The molecule has 9 heteroatoms. The lowest BCUT2D eigenvalue weighted by Gasteiger charge is -2.08. The zero-order valence-corrected chi connectivity index (χ0v) is 17.6. The first-order chi connectivity index (χ1) is 13.0. The van der Waals surface area contributed by atoms with E-state index < -0.39 is 5.97 Å². The summed E-state index contributed by atoms with van der Waals surface area (Å²) in [6.45, 7) is 6.78. The lowest BCUT2D eigenvalue weighted by atomic mass is 10.1. The van der Waals surface area contributed by atoms with E-state index in [2.05, 4.69) is 27.0 Å². The topological polar surface area (TPSA) is 86.1 Å². The molecule has 1 saturated carbocycles. The van der Waals surface area contributed by atoms with Crippen molar-refractivity contribution in [1.82, 2.24) is 14.8 Å². The van der Waals surface area contributed by atoms with Gasteiger partial charge in [-0.15, -0.1) is 21.5 Å². The largest absolute Gasteiger partial charge is 0.465 e. The number of hydrogen-bond acceptors (Lipinski definition) is 7. The normalized spacial score (nSPS) is 13.6. The van der Waals surface area contributed by atoms with E-state index in [-0.39, 0.29) is 11.7 Å². The van der Waals surface area contributed by atoms with Crippen LogP contribution in [-0.2, 0) is 22.5 Å². The third-order valence-electron chi connectivity index (χ3n) is 4.54. The third-order valence-corrected chi connectivity index (χ3v) is 6.57. The number of nitrogens with zero attached hydrogens (tertiary/aromatic N) is 3. The minimum Gasteiger partial charge on any atom is -0.465 e. The Balaban J connectivity index is 1.69. The molecule has 2 heterocycles. The van der Waals surface area contributed by atoms with Gasteiger partial charge in [-0.25, -0.2) is 4.79 Å². The van der Waals surface area contributed by atoms with E-state index in [1.807, 2.05) is 13.8 Å². The summed E-state index contributed by atoms with van der Waals surface area (Å²) in [5.74, 6) is 1.16. The lowest BCUT2D eigenvalue weighted by Crippen LogP contribution is -2.16. The molecule has 2 aromatic rings. The van der Waals surface area contributed by atoms with Crippen LogP contribution in [0.15, 0.2) is 5.16 Å². The molecule has 1 amide bonds. The molecule has 146 valence electrons. The second-order valence-electron chi connectivity index (χ2n) is 6.38. The van der Waals surface area contributed by atoms with E-state index in [1.165, 1.54) is 30.2 Å². The molecule has 0 radical (unpaired) electrons. The van der Waals surface area contributed by atoms with E-state index >= 15 is 0 Å².